The maximum atomic E-state index is 13.5. The van der Waals surface area contributed by atoms with Crippen LogP contribution in [0.15, 0.2) is 18.2 Å². The molecule has 1 aliphatic heterocycles. The second-order valence-corrected chi connectivity index (χ2v) is 6.48. The van der Waals surface area contributed by atoms with Crippen molar-refractivity contribution in [2.45, 2.75) is 44.6 Å². The summed E-state index contributed by atoms with van der Waals surface area (Å²) in [5.41, 5.74) is -0.0742. The van der Waals surface area contributed by atoms with E-state index in [1.807, 2.05) is 0 Å². The molecule has 128 valence electrons. The third-order valence-electron chi connectivity index (χ3n) is 4.71. The van der Waals surface area contributed by atoms with Crippen LogP contribution in [0.25, 0.3) is 0 Å². The van der Waals surface area contributed by atoms with Gasteiger partial charge in [-0.15, -0.1) is 0 Å². The number of carbonyl (C=O) groups is 3. The predicted molar refractivity (Wildman–Crippen MR) is 85.8 cm³/mol. The first-order valence-corrected chi connectivity index (χ1v) is 8.11. The van der Waals surface area contributed by atoms with Gasteiger partial charge < -0.3 is 10.6 Å². The maximum absolute atomic E-state index is 13.5. The molecule has 0 aromatic heterocycles. The van der Waals surface area contributed by atoms with Gasteiger partial charge in [0, 0.05) is 5.69 Å². The molecular formula is C17H20FN3O3. The molecule has 1 spiro atoms. The quantitative estimate of drug-likeness (QED) is 0.833. The molecule has 1 heterocycles. The molecule has 0 unspecified atom stereocenters. The maximum Gasteiger partial charge on any atom is 0.325 e. The van der Waals surface area contributed by atoms with Gasteiger partial charge in [-0.05, 0) is 37.5 Å². The standard InChI is InChI=1S/C17H20FN3O3/c1-11-5-6-12(9-13(11)18)19-14(22)10-21-15(23)17(20-16(21)24)7-3-2-4-8-17/h5-6,9H,2-4,7-8,10H2,1H3,(H,19,22)(H,20,24). The van der Waals surface area contributed by atoms with Crippen molar-refractivity contribution in [2.24, 2.45) is 0 Å². The number of benzene rings is 1. The molecule has 1 aliphatic carbocycles. The zero-order chi connectivity index (χ0) is 17.3. The molecule has 2 N–H and O–H groups in total. The van der Waals surface area contributed by atoms with Crippen LogP contribution >= 0.6 is 0 Å². The number of hydrogen-bond acceptors (Lipinski definition) is 3. The van der Waals surface area contributed by atoms with Crippen molar-refractivity contribution in [1.82, 2.24) is 10.2 Å². The van der Waals surface area contributed by atoms with Gasteiger partial charge in [-0.1, -0.05) is 25.3 Å². The highest BCUT2D eigenvalue weighted by Gasteiger charge is 2.51. The number of imide groups is 1. The Hall–Kier alpha value is -2.44. The van der Waals surface area contributed by atoms with E-state index < -0.39 is 23.3 Å². The Kier molecular flexibility index (Phi) is 4.26. The summed E-state index contributed by atoms with van der Waals surface area (Å²) >= 11 is 0. The summed E-state index contributed by atoms with van der Waals surface area (Å²) in [6, 6.07) is 3.80. The number of urea groups is 1. The van der Waals surface area contributed by atoms with Gasteiger partial charge in [0.05, 0.1) is 0 Å². The van der Waals surface area contributed by atoms with Crippen LogP contribution < -0.4 is 10.6 Å². The largest absolute Gasteiger partial charge is 0.325 e. The third-order valence-corrected chi connectivity index (χ3v) is 4.71. The fraction of sp³-hybridized carbons (Fsp3) is 0.471. The molecule has 6 nitrogen and oxygen atoms in total. The van der Waals surface area contributed by atoms with Gasteiger partial charge in [-0.25, -0.2) is 9.18 Å². The Balaban J connectivity index is 1.66. The van der Waals surface area contributed by atoms with E-state index in [1.54, 1.807) is 19.1 Å². The van der Waals surface area contributed by atoms with Gasteiger partial charge in [-0.3, -0.25) is 14.5 Å². The SMILES string of the molecule is Cc1ccc(NC(=O)CN2C(=O)NC3(CCCCC3)C2=O)cc1F. The molecule has 3 rings (SSSR count). The number of aryl methyl sites for hydroxylation is 1. The van der Waals surface area contributed by atoms with Crippen molar-refractivity contribution in [3.8, 4) is 0 Å². The monoisotopic (exact) mass is 333 g/mol. The lowest BCUT2D eigenvalue weighted by molar-refractivity contribution is -0.134. The second kappa shape index (κ2) is 6.22. The van der Waals surface area contributed by atoms with E-state index in [2.05, 4.69) is 10.6 Å². The molecule has 4 amide bonds. The van der Waals surface area contributed by atoms with Crippen molar-refractivity contribution in [2.75, 3.05) is 11.9 Å². The average molecular weight is 333 g/mol. The zero-order valence-corrected chi connectivity index (χ0v) is 13.5. The van der Waals surface area contributed by atoms with E-state index in [-0.39, 0.29) is 12.5 Å². The Morgan fingerprint density at radius 2 is 2.00 bits per heavy atom. The van der Waals surface area contributed by atoms with Crippen molar-refractivity contribution in [3.05, 3.63) is 29.6 Å². The molecule has 2 aliphatic rings. The van der Waals surface area contributed by atoms with Crippen molar-refractivity contribution in [3.63, 3.8) is 0 Å². The van der Waals surface area contributed by atoms with E-state index in [9.17, 15) is 18.8 Å². The first-order valence-electron chi connectivity index (χ1n) is 8.11. The zero-order valence-electron chi connectivity index (χ0n) is 13.5. The van der Waals surface area contributed by atoms with Gasteiger partial charge in [0.25, 0.3) is 5.91 Å². The number of carbonyl (C=O) groups excluding carboxylic acids is 3. The molecule has 1 aromatic rings. The normalized spacial score (nSPS) is 19.5. The van der Waals surface area contributed by atoms with Gasteiger partial charge in [0.1, 0.15) is 17.9 Å². The highest BCUT2D eigenvalue weighted by molar-refractivity contribution is 6.10. The fourth-order valence-corrected chi connectivity index (χ4v) is 3.33. The molecule has 1 saturated heterocycles. The van der Waals surface area contributed by atoms with E-state index >= 15 is 0 Å². The van der Waals surface area contributed by atoms with Gasteiger partial charge in [-0.2, -0.15) is 0 Å². The van der Waals surface area contributed by atoms with Crippen molar-refractivity contribution < 1.29 is 18.8 Å². The topological polar surface area (TPSA) is 78.5 Å². The third kappa shape index (κ3) is 2.98. The van der Waals surface area contributed by atoms with Gasteiger partial charge in [0.2, 0.25) is 5.91 Å². The molecular weight excluding hydrogens is 313 g/mol. The Morgan fingerprint density at radius 1 is 1.29 bits per heavy atom. The molecule has 1 saturated carbocycles. The minimum Gasteiger partial charge on any atom is -0.324 e. The molecule has 0 atom stereocenters. The highest BCUT2D eigenvalue weighted by Crippen LogP contribution is 2.33. The van der Waals surface area contributed by atoms with E-state index in [4.69, 9.17) is 0 Å². The summed E-state index contributed by atoms with van der Waals surface area (Å²) in [7, 11) is 0. The summed E-state index contributed by atoms with van der Waals surface area (Å²) in [6.45, 7) is 1.25. The van der Waals surface area contributed by atoms with E-state index in [1.165, 1.54) is 6.07 Å². The lowest BCUT2D eigenvalue weighted by Gasteiger charge is -2.30. The van der Waals surface area contributed by atoms with Crippen molar-refractivity contribution in [1.29, 1.82) is 0 Å². The molecule has 7 heteroatoms. The first kappa shape index (κ1) is 16.4. The summed E-state index contributed by atoms with van der Waals surface area (Å²) in [5.74, 6) is -1.30. The number of hydrogen-bond donors (Lipinski definition) is 2. The highest BCUT2D eigenvalue weighted by atomic mass is 19.1. The van der Waals surface area contributed by atoms with Crippen LogP contribution in [-0.4, -0.2) is 34.8 Å². The van der Waals surface area contributed by atoms with Crippen LogP contribution in [-0.2, 0) is 9.59 Å². The first-order chi connectivity index (χ1) is 11.4. The van der Waals surface area contributed by atoms with Gasteiger partial charge >= 0.3 is 6.03 Å². The number of anilines is 1. The number of halogens is 1. The predicted octanol–water partition coefficient (Wildman–Crippen LogP) is 2.33. The van der Waals surface area contributed by atoms with Crippen LogP contribution in [0.3, 0.4) is 0 Å². The van der Waals surface area contributed by atoms with Crippen LogP contribution in [0.4, 0.5) is 14.9 Å². The van der Waals surface area contributed by atoms with Crippen LogP contribution in [0, 0.1) is 12.7 Å². The molecule has 24 heavy (non-hydrogen) atoms. The average Bonchev–Trinajstić information content (AvgIpc) is 2.76. The number of nitrogens with zero attached hydrogens (tertiary/aromatic N) is 1. The summed E-state index contributed by atoms with van der Waals surface area (Å²) < 4.78 is 13.5. The summed E-state index contributed by atoms with van der Waals surface area (Å²) in [5, 5.41) is 5.27. The second-order valence-electron chi connectivity index (χ2n) is 6.48. The number of nitrogens with one attached hydrogen (secondary N) is 2. The van der Waals surface area contributed by atoms with Gasteiger partial charge in [0.15, 0.2) is 0 Å². The molecule has 1 aromatic carbocycles. The minimum absolute atomic E-state index is 0.294. The summed E-state index contributed by atoms with van der Waals surface area (Å²) in [4.78, 5) is 37.7. The fourth-order valence-electron chi connectivity index (χ4n) is 3.33. The molecule has 0 radical (unpaired) electrons. The Bertz CT molecular complexity index is 698. The molecule has 0 bridgehead atoms. The minimum atomic E-state index is -0.842. The van der Waals surface area contributed by atoms with E-state index in [0.717, 1.165) is 24.2 Å². The van der Waals surface area contributed by atoms with Crippen LogP contribution in [0.2, 0.25) is 0 Å². The smallest absolute Gasteiger partial charge is 0.324 e. The Labute approximate surface area is 139 Å². The lowest BCUT2D eigenvalue weighted by atomic mass is 9.82. The molecule has 2 fully saturated rings. The van der Waals surface area contributed by atoms with Crippen molar-refractivity contribution >= 4 is 23.5 Å². The lowest BCUT2D eigenvalue weighted by Crippen LogP contribution is -2.48. The van der Waals surface area contributed by atoms with E-state index in [0.29, 0.717) is 24.1 Å². The summed E-state index contributed by atoms with van der Waals surface area (Å²) in [6.07, 6.45) is 4.03. The number of amides is 4. The number of rotatable bonds is 3. The Morgan fingerprint density at radius 3 is 2.67 bits per heavy atom. The van der Waals surface area contributed by atoms with Crippen LogP contribution in [0.1, 0.15) is 37.7 Å². The van der Waals surface area contributed by atoms with Crippen LogP contribution in [0.5, 0.6) is 0 Å².